The molecule has 0 spiro atoms. The largest absolute Gasteiger partial charge is 0.338 e. The van der Waals surface area contributed by atoms with Gasteiger partial charge in [-0.25, -0.2) is 0 Å². The molecule has 0 saturated heterocycles. The Balaban J connectivity index is 2.03. The molecule has 0 aromatic carbocycles. The molecule has 3 unspecified atom stereocenters. The molecule has 4 heteroatoms. The third kappa shape index (κ3) is 2.68. The van der Waals surface area contributed by atoms with Crippen molar-refractivity contribution in [3.63, 3.8) is 0 Å². The molecule has 0 bridgehead atoms. The second-order valence-electron chi connectivity index (χ2n) is 5.02. The van der Waals surface area contributed by atoms with Crippen molar-refractivity contribution in [3.05, 3.63) is 11.7 Å². The molecule has 1 aromatic heterocycles. The molecule has 0 aliphatic heterocycles. The minimum atomic E-state index is 0.194. The van der Waals surface area contributed by atoms with Crippen molar-refractivity contribution < 1.29 is 4.52 Å². The summed E-state index contributed by atoms with van der Waals surface area (Å²) in [4.78, 5) is 4.56. The van der Waals surface area contributed by atoms with Crippen LogP contribution >= 0.6 is 0 Å². The Hall–Kier alpha value is -0.900. The van der Waals surface area contributed by atoms with Crippen LogP contribution in [-0.4, -0.2) is 17.2 Å². The maximum atomic E-state index is 5.37. The minimum Gasteiger partial charge on any atom is -0.338 e. The molecule has 4 nitrogen and oxygen atoms in total. The molecule has 2 rings (SSSR count). The van der Waals surface area contributed by atoms with Gasteiger partial charge in [0.1, 0.15) is 0 Å². The predicted molar refractivity (Wildman–Crippen MR) is 66.8 cm³/mol. The summed E-state index contributed by atoms with van der Waals surface area (Å²) < 4.78 is 5.37. The fourth-order valence-corrected chi connectivity index (χ4v) is 2.74. The van der Waals surface area contributed by atoms with Crippen LogP contribution in [0.25, 0.3) is 0 Å². The fraction of sp³-hybridized carbons (Fsp3) is 0.846. The van der Waals surface area contributed by atoms with Gasteiger partial charge in [-0.1, -0.05) is 25.4 Å². The Morgan fingerprint density at radius 3 is 2.82 bits per heavy atom. The highest BCUT2D eigenvalue weighted by atomic mass is 16.5. The molecule has 3 atom stereocenters. The van der Waals surface area contributed by atoms with Crippen LogP contribution in [0.15, 0.2) is 4.52 Å². The Labute approximate surface area is 103 Å². The van der Waals surface area contributed by atoms with E-state index in [1.165, 1.54) is 25.7 Å². The quantitative estimate of drug-likeness (QED) is 0.855. The van der Waals surface area contributed by atoms with Crippen LogP contribution in [0.1, 0.15) is 69.6 Å². The highest BCUT2D eigenvalue weighted by molar-refractivity contribution is 5.01. The van der Waals surface area contributed by atoms with Crippen molar-refractivity contribution in [1.82, 2.24) is 15.5 Å². The minimum absolute atomic E-state index is 0.194. The van der Waals surface area contributed by atoms with E-state index in [0.29, 0.717) is 5.92 Å². The monoisotopic (exact) mass is 237 g/mol. The van der Waals surface area contributed by atoms with E-state index in [-0.39, 0.29) is 6.04 Å². The fourth-order valence-electron chi connectivity index (χ4n) is 2.74. The van der Waals surface area contributed by atoms with Gasteiger partial charge in [-0.3, -0.25) is 0 Å². The second-order valence-corrected chi connectivity index (χ2v) is 5.02. The lowest BCUT2D eigenvalue weighted by molar-refractivity contribution is 0.329. The molecule has 17 heavy (non-hydrogen) atoms. The van der Waals surface area contributed by atoms with Crippen molar-refractivity contribution >= 4 is 0 Å². The summed E-state index contributed by atoms with van der Waals surface area (Å²) in [6.45, 7) is 4.39. The van der Waals surface area contributed by atoms with E-state index in [0.717, 1.165) is 24.1 Å². The molecule has 1 aromatic rings. The first kappa shape index (κ1) is 12.6. The van der Waals surface area contributed by atoms with Gasteiger partial charge in [0, 0.05) is 5.92 Å². The van der Waals surface area contributed by atoms with Crippen molar-refractivity contribution in [2.24, 2.45) is 5.92 Å². The lowest BCUT2D eigenvalue weighted by atomic mass is 10.0. The third-order valence-corrected chi connectivity index (χ3v) is 4.00. The van der Waals surface area contributed by atoms with Crippen LogP contribution in [0, 0.1) is 5.92 Å². The molecular formula is C13H23N3O. The zero-order valence-electron chi connectivity index (χ0n) is 11.1. The normalized spacial score (nSPS) is 26.3. The summed E-state index contributed by atoms with van der Waals surface area (Å²) in [5, 5.41) is 7.35. The van der Waals surface area contributed by atoms with Gasteiger partial charge in [0.05, 0.1) is 6.04 Å². The SMILES string of the molecule is CCC1CCC(c2noc(C(CC)NC)n2)C1. The van der Waals surface area contributed by atoms with E-state index in [4.69, 9.17) is 4.52 Å². The molecule has 1 N–H and O–H groups in total. The summed E-state index contributed by atoms with van der Waals surface area (Å²) in [5.41, 5.74) is 0. The van der Waals surface area contributed by atoms with Gasteiger partial charge in [0.2, 0.25) is 5.89 Å². The molecular weight excluding hydrogens is 214 g/mol. The van der Waals surface area contributed by atoms with Gasteiger partial charge in [0.15, 0.2) is 5.82 Å². The first-order valence-electron chi connectivity index (χ1n) is 6.79. The van der Waals surface area contributed by atoms with Crippen LogP contribution in [0.3, 0.4) is 0 Å². The van der Waals surface area contributed by atoms with Gasteiger partial charge < -0.3 is 9.84 Å². The standard InChI is InChI=1S/C13H23N3O/c1-4-9-6-7-10(8-9)12-15-13(17-16-12)11(5-2)14-3/h9-11,14H,4-8H2,1-3H3. The number of rotatable bonds is 5. The molecule has 1 fully saturated rings. The molecule has 0 amide bonds. The van der Waals surface area contributed by atoms with E-state index in [9.17, 15) is 0 Å². The molecule has 0 radical (unpaired) electrons. The van der Waals surface area contributed by atoms with Crippen LogP contribution in [0.5, 0.6) is 0 Å². The number of aromatic nitrogens is 2. The third-order valence-electron chi connectivity index (χ3n) is 4.00. The van der Waals surface area contributed by atoms with Crippen molar-refractivity contribution in [1.29, 1.82) is 0 Å². The Morgan fingerprint density at radius 2 is 2.24 bits per heavy atom. The van der Waals surface area contributed by atoms with Crippen LogP contribution in [0.4, 0.5) is 0 Å². The summed E-state index contributed by atoms with van der Waals surface area (Å²) >= 11 is 0. The Morgan fingerprint density at radius 1 is 1.41 bits per heavy atom. The highest BCUT2D eigenvalue weighted by Gasteiger charge is 2.29. The molecule has 1 heterocycles. The summed E-state index contributed by atoms with van der Waals surface area (Å²) in [6.07, 6.45) is 6.00. The zero-order chi connectivity index (χ0) is 12.3. The zero-order valence-corrected chi connectivity index (χ0v) is 11.1. The highest BCUT2D eigenvalue weighted by Crippen LogP contribution is 2.38. The van der Waals surface area contributed by atoms with E-state index >= 15 is 0 Å². The molecule has 1 aliphatic carbocycles. The number of nitrogens with zero attached hydrogens (tertiary/aromatic N) is 2. The first-order valence-corrected chi connectivity index (χ1v) is 6.79. The van der Waals surface area contributed by atoms with E-state index in [1.807, 2.05) is 7.05 Å². The van der Waals surface area contributed by atoms with E-state index in [2.05, 4.69) is 29.3 Å². The van der Waals surface area contributed by atoms with Gasteiger partial charge in [-0.15, -0.1) is 0 Å². The maximum Gasteiger partial charge on any atom is 0.243 e. The van der Waals surface area contributed by atoms with Gasteiger partial charge >= 0.3 is 0 Å². The second kappa shape index (κ2) is 5.63. The molecule has 1 aliphatic rings. The number of nitrogens with one attached hydrogen (secondary N) is 1. The van der Waals surface area contributed by atoms with Crippen molar-refractivity contribution in [2.45, 2.75) is 57.9 Å². The van der Waals surface area contributed by atoms with Crippen LogP contribution in [-0.2, 0) is 0 Å². The van der Waals surface area contributed by atoms with E-state index < -0.39 is 0 Å². The Bertz CT molecular complexity index is 346. The molecule has 96 valence electrons. The topological polar surface area (TPSA) is 51.0 Å². The first-order chi connectivity index (χ1) is 8.28. The van der Waals surface area contributed by atoms with Crippen molar-refractivity contribution in [3.8, 4) is 0 Å². The molecule has 1 saturated carbocycles. The summed E-state index contributed by atoms with van der Waals surface area (Å²) in [5.74, 6) is 3.04. The lowest BCUT2D eigenvalue weighted by Crippen LogP contribution is -2.15. The van der Waals surface area contributed by atoms with Crippen LogP contribution < -0.4 is 5.32 Å². The number of hydrogen-bond donors (Lipinski definition) is 1. The summed E-state index contributed by atoms with van der Waals surface area (Å²) in [7, 11) is 1.93. The predicted octanol–water partition coefficient (Wildman–Crippen LogP) is 3.03. The van der Waals surface area contributed by atoms with E-state index in [1.54, 1.807) is 0 Å². The lowest BCUT2D eigenvalue weighted by Gasteiger charge is -2.07. The Kier molecular flexibility index (Phi) is 4.15. The van der Waals surface area contributed by atoms with Gasteiger partial charge in [-0.05, 0) is 38.6 Å². The average Bonchev–Trinajstić information content (AvgIpc) is 2.98. The number of hydrogen-bond acceptors (Lipinski definition) is 4. The average molecular weight is 237 g/mol. The van der Waals surface area contributed by atoms with Crippen molar-refractivity contribution in [2.75, 3.05) is 7.05 Å². The smallest absolute Gasteiger partial charge is 0.243 e. The van der Waals surface area contributed by atoms with Gasteiger partial charge in [0.25, 0.3) is 0 Å². The van der Waals surface area contributed by atoms with Gasteiger partial charge in [-0.2, -0.15) is 4.98 Å². The van der Waals surface area contributed by atoms with Crippen LogP contribution in [0.2, 0.25) is 0 Å². The maximum absolute atomic E-state index is 5.37. The summed E-state index contributed by atoms with van der Waals surface area (Å²) in [6, 6.07) is 0.194.